The van der Waals surface area contributed by atoms with E-state index in [0.29, 0.717) is 19.3 Å². The molecule has 3 nitrogen and oxygen atoms in total. The summed E-state index contributed by atoms with van der Waals surface area (Å²) in [4.78, 5) is 0. The molecule has 1 aliphatic rings. The van der Waals surface area contributed by atoms with Crippen LogP contribution in [0.25, 0.3) is 0 Å². The van der Waals surface area contributed by atoms with E-state index in [1.165, 1.54) is 25.7 Å². The first-order chi connectivity index (χ1) is 10.3. The minimum atomic E-state index is 0.680. The predicted octanol–water partition coefficient (Wildman–Crippen LogP) is 3.72. The average molecular weight is 289 g/mol. The summed E-state index contributed by atoms with van der Waals surface area (Å²) in [7, 11) is 0. The van der Waals surface area contributed by atoms with Crippen molar-refractivity contribution in [1.29, 1.82) is 0 Å². The Morgan fingerprint density at radius 3 is 2.81 bits per heavy atom. The second-order valence-corrected chi connectivity index (χ2v) is 5.48. The SMILES string of the molecule is C=CCc1cc(OCC)ccc1OCCNC1CCCC1. The molecule has 0 aliphatic heterocycles. The van der Waals surface area contributed by atoms with E-state index in [-0.39, 0.29) is 0 Å². The summed E-state index contributed by atoms with van der Waals surface area (Å²) >= 11 is 0. The molecule has 0 spiro atoms. The molecular weight excluding hydrogens is 262 g/mol. The predicted molar refractivity (Wildman–Crippen MR) is 87.3 cm³/mol. The Bertz CT molecular complexity index is 439. The average Bonchev–Trinajstić information content (AvgIpc) is 2.99. The minimum Gasteiger partial charge on any atom is -0.494 e. The van der Waals surface area contributed by atoms with Crippen molar-refractivity contribution in [3.63, 3.8) is 0 Å². The molecule has 1 aromatic rings. The van der Waals surface area contributed by atoms with Crippen molar-refractivity contribution in [1.82, 2.24) is 5.32 Å². The summed E-state index contributed by atoms with van der Waals surface area (Å²) in [6.07, 6.45) is 8.04. The quantitative estimate of drug-likeness (QED) is 0.555. The van der Waals surface area contributed by atoms with Gasteiger partial charge in [0.25, 0.3) is 0 Å². The number of allylic oxidation sites excluding steroid dienone is 1. The molecule has 3 heteroatoms. The highest BCUT2D eigenvalue weighted by molar-refractivity contribution is 5.41. The van der Waals surface area contributed by atoms with Gasteiger partial charge in [0, 0.05) is 18.2 Å². The molecule has 2 rings (SSSR count). The van der Waals surface area contributed by atoms with Gasteiger partial charge in [-0.1, -0.05) is 18.9 Å². The zero-order valence-electron chi connectivity index (χ0n) is 13.1. The van der Waals surface area contributed by atoms with Crippen LogP contribution in [0.5, 0.6) is 11.5 Å². The zero-order valence-corrected chi connectivity index (χ0v) is 13.1. The second kappa shape index (κ2) is 8.73. The maximum absolute atomic E-state index is 5.92. The van der Waals surface area contributed by atoms with Crippen LogP contribution in [0.2, 0.25) is 0 Å². The first-order valence-electron chi connectivity index (χ1n) is 8.06. The first-order valence-corrected chi connectivity index (χ1v) is 8.06. The first kappa shape index (κ1) is 15.9. The lowest BCUT2D eigenvalue weighted by Crippen LogP contribution is -2.30. The molecule has 0 aromatic heterocycles. The third-order valence-corrected chi connectivity index (χ3v) is 3.86. The van der Waals surface area contributed by atoms with Crippen molar-refractivity contribution in [2.75, 3.05) is 19.8 Å². The van der Waals surface area contributed by atoms with Crippen molar-refractivity contribution in [2.24, 2.45) is 0 Å². The molecule has 1 aliphatic carbocycles. The summed E-state index contributed by atoms with van der Waals surface area (Å²) in [5.41, 5.74) is 1.14. The molecule has 0 bridgehead atoms. The van der Waals surface area contributed by atoms with Gasteiger partial charge in [-0.3, -0.25) is 0 Å². The van der Waals surface area contributed by atoms with Gasteiger partial charge < -0.3 is 14.8 Å². The Labute approximate surface area is 128 Å². The largest absolute Gasteiger partial charge is 0.494 e. The molecule has 1 saturated carbocycles. The van der Waals surface area contributed by atoms with Gasteiger partial charge in [-0.2, -0.15) is 0 Å². The van der Waals surface area contributed by atoms with Gasteiger partial charge in [0.1, 0.15) is 18.1 Å². The van der Waals surface area contributed by atoms with Crippen LogP contribution in [0.4, 0.5) is 0 Å². The monoisotopic (exact) mass is 289 g/mol. The Morgan fingerprint density at radius 1 is 1.29 bits per heavy atom. The zero-order chi connectivity index (χ0) is 14.9. The summed E-state index contributed by atoms with van der Waals surface area (Å²) in [5, 5.41) is 3.57. The Balaban J connectivity index is 1.83. The fourth-order valence-corrected chi connectivity index (χ4v) is 2.82. The van der Waals surface area contributed by atoms with Gasteiger partial charge in [0.15, 0.2) is 0 Å². The van der Waals surface area contributed by atoms with Crippen molar-refractivity contribution in [3.05, 3.63) is 36.4 Å². The van der Waals surface area contributed by atoms with Crippen LogP contribution in [-0.4, -0.2) is 25.8 Å². The summed E-state index contributed by atoms with van der Waals surface area (Å²) in [6.45, 7) is 8.10. The summed E-state index contributed by atoms with van der Waals surface area (Å²) in [5.74, 6) is 1.83. The number of hydrogen-bond acceptors (Lipinski definition) is 3. The van der Waals surface area contributed by atoms with E-state index in [2.05, 4.69) is 11.9 Å². The van der Waals surface area contributed by atoms with Crippen LogP contribution in [0.3, 0.4) is 0 Å². The lowest BCUT2D eigenvalue weighted by atomic mass is 10.1. The molecule has 0 unspecified atom stereocenters. The normalized spacial score (nSPS) is 15.1. The molecule has 1 fully saturated rings. The molecule has 1 aromatic carbocycles. The maximum atomic E-state index is 5.92. The van der Waals surface area contributed by atoms with E-state index in [9.17, 15) is 0 Å². The Morgan fingerprint density at radius 2 is 2.10 bits per heavy atom. The fraction of sp³-hybridized carbons (Fsp3) is 0.556. The number of benzene rings is 1. The van der Waals surface area contributed by atoms with E-state index in [4.69, 9.17) is 9.47 Å². The van der Waals surface area contributed by atoms with Gasteiger partial charge in [-0.05, 0) is 44.4 Å². The number of ether oxygens (including phenoxy) is 2. The number of nitrogens with one attached hydrogen (secondary N) is 1. The summed E-state index contributed by atoms with van der Waals surface area (Å²) in [6, 6.07) is 6.71. The highest BCUT2D eigenvalue weighted by Gasteiger charge is 2.13. The van der Waals surface area contributed by atoms with Crippen LogP contribution in [0, 0.1) is 0 Å². The minimum absolute atomic E-state index is 0.680. The Hall–Kier alpha value is -1.48. The fourth-order valence-electron chi connectivity index (χ4n) is 2.82. The second-order valence-electron chi connectivity index (χ2n) is 5.48. The smallest absolute Gasteiger partial charge is 0.123 e. The van der Waals surface area contributed by atoms with Crippen LogP contribution >= 0.6 is 0 Å². The molecule has 0 amide bonds. The van der Waals surface area contributed by atoms with E-state index >= 15 is 0 Å². The molecule has 116 valence electrons. The van der Waals surface area contributed by atoms with E-state index < -0.39 is 0 Å². The van der Waals surface area contributed by atoms with Gasteiger partial charge in [-0.25, -0.2) is 0 Å². The maximum Gasteiger partial charge on any atom is 0.123 e. The molecule has 0 radical (unpaired) electrons. The number of hydrogen-bond donors (Lipinski definition) is 1. The van der Waals surface area contributed by atoms with E-state index in [0.717, 1.165) is 30.0 Å². The highest BCUT2D eigenvalue weighted by Crippen LogP contribution is 2.25. The van der Waals surface area contributed by atoms with Gasteiger partial charge in [0.2, 0.25) is 0 Å². The van der Waals surface area contributed by atoms with Gasteiger partial charge >= 0.3 is 0 Å². The topological polar surface area (TPSA) is 30.5 Å². The van der Waals surface area contributed by atoms with Gasteiger partial charge in [-0.15, -0.1) is 6.58 Å². The lowest BCUT2D eigenvalue weighted by Gasteiger charge is -2.15. The number of rotatable bonds is 9. The molecule has 0 heterocycles. The lowest BCUT2D eigenvalue weighted by molar-refractivity contribution is 0.301. The third kappa shape index (κ3) is 5.09. The van der Waals surface area contributed by atoms with Crippen molar-refractivity contribution in [2.45, 2.75) is 45.1 Å². The van der Waals surface area contributed by atoms with Crippen LogP contribution in [0.15, 0.2) is 30.9 Å². The van der Waals surface area contributed by atoms with Gasteiger partial charge in [0.05, 0.1) is 6.61 Å². The van der Waals surface area contributed by atoms with Crippen molar-refractivity contribution < 1.29 is 9.47 Å². The van der Waals surface area contributed by atoms with E-state index in [1.807, 2.05) is 31.2 Å². The molecule has 21 heavy (non-hydrogen) atoms. The van der Waals surface area contributed by atoms with Crippen LogP contribution < -0.4 is 14.8 Å². The summed E-state index contributed by atoms with van der Waals surface area (Å²) < 4.78 is 11.5. The third-order valence-electron chi connectivity index (χ3n) is 3.86. The molecule has 1 N–H and O–H groups in total. The van der Waals surface area contributed by atoms with Crippen LogP contribution in [0.1, 0.15) is 38.2 Å². The molecule has 0 saturated heterocycles. The van der Waals surface area contributed by atoms with Crippen molar-refractivity contribution >= 4 is 0 Å². The highest BCUT2D eigenvalue weighted by atomic mass is 16.5. The molecule has 0 atom stereocenters. The van der Waals surface area contributed by atoms with Crippen LogP contribution in [-0.2, 0) is 6.42 Å². The van der Waals surface area contributed by atoms with E-state index in [1.54, 1.807) is 0 Å². The Kier molecular flexibility index (Phi) is 6.61. The standard InChI is InChI=1S/C18H27NO2/c1-3-7-15-14-17(20-4-2)10-11-18(15)21-13-12-19-16-8-5-6-9-16/h3,10-11,14,16,19H,1,4-9,12-13H2,2H3. The van der Waals surface area contributed by atoms with Crippen molar-refractivity contribution in [3.8, 4) is 11.5 Å². The molecular formula is C18H27NO2.